The lowest BCUT2D eigenvalue weighted by molar-refractivity contribution is 0.112. The second-order valence-corrected chi connectivity index (χ2v) is 5.02. The summed E-state index contributed by atoms with van der Waals surface area (Å²) in [5.41, 5.74) is 2.50. The highest BCUT2D eigenvalue weighted by Crippen LogP contribution is 2.22. The van der Waals surface area contributed by atoms with Gasteiger partial charge >= 0.3 is 0 Å². The molecule has 0 bridgehead atoms. The van der Waals surface area contributed by atoms with Crippen LogP contribution in [0.3, 0.4) is 0 Å². The normalized spacial score (nSPS) is 12.7. The predicted molar refractivity (Wildman–Crippen MR) is 78.3 cm³/mol. The summed E-state index contributed by atoms with van der Waals surface area (Å²) in [6.07, 6.45) is 2.17. The van der Waals surface area contributed by atoms with Crippen LogP contribution in [0.2, 0.25) is 5.02 Å². The van der Waals surface area contributed by atoms with E-state index in [0.29, 0.717) is 6.61 Å². The van der Waals surface area contributed by atoms with Gasteiger partial charge in [0.25, 0.3) is 0 Å². The van der Waals surface area contributed by atoms with Crippen molar-refractivity contribution in [2.75, 3.05) is 19.8 Å². The van der Waals surface area contributed by atoms with Crippen LogP contribution in [0.5, 0.6) is 0 Å². The number of benzene rings is 1. The number of halogens is 1. The van der Waals surface area contributed by atoms with Crippen molar-refractivity contribution >= 4 is 11.6 Å². The van der Waals surface area contributed by atoms with Crippen molar-refractivity contribution in [3.8, 4) is 0 Å². The minimum atomic E-state index is 0.232. The minimum absolute atomic E-state index is 0.232. The molecule has 1 N–H and O–H groups in total. The van der Waals surface area contributed by atoms with Gasteiger partial charge in [-0.1, -0.05) is 31.5 Å². The van der Waals surface area contributed by atoms with Gasteiger partial charge < -0.3 is 10.1 Å². The van der Waals surface area contributed by atoms with Crippen LogP contribution in [0.4, 0.5) is 0 Å². The van der Waals surface area contributed by atoms with Gasteiger partial charge in [-0.25, -0.2) is 0 Å². The monoisotopic (exact) mass is 269 g/mol. The van der Waals surface area contributed by atoms with E-state index in [-0.39, 0.29) is 6.04 Å². The van der Waals surface area contributed by atoms with Crippen LogP contribution in [0.1, 0.15) is 43.9 Å². The average molecular weight is 270 g/mol. The Morgan fingerprint density at radius 3 is 2.72 bits per heavy atom. The van der Waals surface area contributed by atoms with Crippen LogP contribution in [-0.2, 0) is 4.74 Å². The highest BCUT2D eigenvalue weighted by atomic mass is 35.5. The first-order valence-electron chi connectivity index (χ1n) is 6.76. The third kappa shape index (κ3) is 4.97. The smallest absolute Gasteiger partial charge is 0.0661 e. The molecule has 1 unspecified atom stereocenters. The lowest BCUT2D eigenvalue weighted by Gasteiger charge is -2.21. The molecule has 18 heavy (non-hydrogen) atoms. The SMILES string of the molecule is CCCNC(COCCC)c1cc(Cl)ccc1C. The fourth-order valence-corrected chi connectivity index (χ4v) is 2.09. The van der Waals surface area contributed by atoms with Gasteiger partial charge in [-0.3, -0.25) is 0 Å². The Hall–Kier alpha value is -0.570. The van der Waals surface area contributed by atoms with E-state index in [1.807, 2.05) is 12.1 Å². The molecule has 0 aliphatic heterocycles. The molecule has 0 amide bonds. The van der Waals surface area contributed by atoms with E-state index in [1.54, 1.807) is 0 Å². The van der Waals surface area contributed by atoms with E-state index < -0.39 is 0 Å². The number of hydrogen-bond acceptors (Lipinski definition) is 2. The predicted octanol–water partition coefficient (Wildman–Crippen LogP) is 4.12. The maximum atomic E-state index is 6.09. The summed E-state index contributed by atoms with van der Waals surface area (Å²) in [5, 5.41) is 4.32. The van der Waals surface area contributed by atoms with Crippen LogP contribution in [0.15, 0.2) is 18.2 Å². The molecule has 0 spiro atoms. The average Bonchev–Trinajstić information content (AvgIpc) is 2.37. The number of nitrogens with one attached hydrogen (secondary N) is 1. The van der Waals surface area contributed by atoms with Gasteiger partial charge in [0, 0.05) is 11.6 Å². The largest absolute Gasteiger partial charge is 0.379 e. The number of ether oxygens (including phenoxy) is 1. The molecule has 1 aromatic rings. The summed E-state index contributed by atoms with van der Waals surface area (Å²) in [6, 6.07) is 6.28. The molecule has 102 valence electrons. The van der Waals surface area contributed by atoms with E-state index in [2.05, 4.69) is 32.2 Å². The van der Waals surface area contributed by atoms with Gasteiger partial charge in [0.15, 0.2) is 0 Å². The van der Waals surface area contributed by atoms with Gasteiger partial charge in [-0.05, 0) is 49.6 Å². The minimum Gasteiger partial charge on any atom is -0.379 e. The lowest BCUT2D eigenvalue weighted by Crippen LogP contribution is -2.27. The molecular formula is C15H24ClNO. The summed E-state index contributed by atoms with van der Waals surface area (Å²) in [4.78, 5) is 0. The second kappa shape index (κ2) is 8.52. The van der Waals surface area contributed by atoms with Gasteiger partial charge in [-0.15, -0.1) is 0 Å². The molecule has 0 radical (unpaired) electrons. The van der Waals surface area contributed by atoms with E-state index in [1.165, 1.54) is 11.1 Å². The van der Waals surface area contributed by atoms with Crippen LogP contribution >= 0.6 is 11.6 Å². The van der Waals surface area contributed by atoms with Crippen molar-refractivity contribution in [3.63, 3.8) is 0 Å². The van der Waals surface area contributed by atoms with E-state index >= 15 is 0 Å². The number of rotatable bonds is 8. The molecule has 0 aromatic heterocycles. The van der Waals surface area contributed by atoms with E-state index in [9.17, 15) is 0 Å². The Bertz CT molecular complexity index is 354. The van der Waals surface area contributed by atoms with Crippen molar-refractivity contribution in [1.29, 1.82) is 0 Å². The molecule has 1 atom stereocenters. The van der Waals surface area contributed by atoms with Gasteiger partial charge in [0.05, 0.1) is 12.6 Å². The van der Waals surface area contributed by atoms with Crippen LogP contribution in [-0.4, -0.2) is 19.8 Å². The first kappa shape index (κ1) is 15.5. The summed E-state index contributed by atoms with van der Waals surface area (Å²) in [6.45, 7) is 8.91. The van der Waals surface area contributed by atoms with Crippen LogP contribution in [0, 0.1) is 6.92 Å². The maximum absolute atomic E-state index is 6.09. The van der Waals surface area contributed by atoms with Crippen molar-refractivity contribution in [3.05, 3.63) is 34.3 Å². The zero-order valence-electron chi connectivity index (χ0n) is 11.6. The van der Waals surface area contributed by atoms with Crippen molar-refractivity contribution in [1.82, 2.24) is 5.32 Å². The van der Waals surface area contributed by atoms with Crippen molar-refractivity contribution in [2.45, 2.75) is 39.7 Å². The standard InChI is InChI=1S/C15H24ClNO/c1-4-8-17-15(11-18-9-5-2)14-10-13(16)7-6-12(14)3/h6-7,10,15,17H,4-5,8-9,11H2,1-3H3. The Morgan fingerprint density at radius 2 is 2.06 bits per heavy atom. The van der Waals surface area contributed by atoms with Crippen molar-refractivity contribution < 1.29 is 4.74 Å². The Labute approximate surface area is 116 Å². The van der Waals surface area contributed by atoms with Crippen LogP contribution in [0.25, 0.3) is 0 Å². The zero-order chi connectivity index (χ0) is 13.4. The summed E-state index contributed by atoms with van der Waals surface area (Å²) < 4.78 is 5.69. The quantitative estimate of drug-likeness (QED) is 0.717. The molecule has 0 aliphatic carbocycles. The summed E-state index contributed by atoms with van der Waals surface area (Å²) in [7, 11) is 0. The Balaban J connectivity index is 2.75. The fourth-order valence-electron chi connectivity index (χ4n) is 1.91. The lowest BCUT2D eigenvalue weighted by atomic mass is 10.0. The molecule has 0 aliphatic rings. The fraction of sp³-hybridized carbons (Fsp3) is 0.600. The van der Waals surface area contributed by atoms with E-state index in [4.69, 9.17) is 16.3 Å². The number of aryl methyl sites for hydroxylation is 1. The Kier molecular flexibility index (Phi) is 7.33. The first-order valence-corrected chi connectivity index (χ1v) is 7.14. The van der Waals surface area contributed by atoms with Crippen LogP contribution < -0.4 is 5.32 Å². The molecule has 0 heterocycles. The number of hydrogen-bond donors (Lipinski definition) is 1. The Morgan fingerprint density at radius 1 is 1.28 bits per heavy atom. The van der Waals surface area contributed by atoms with Gasteiger partial charge in [0.2, 0.25) is 0 Å². The molecule has 3 heteroatoms. The summed E-state index contributed by atoms with van der Waals surface area (Å²) in [5.74, 6) is 0. The molecular weight excluding hydrogens is 246 g/mol. The van der Waals surface area contributed by atoms with E-state index in [0.717, 1.165) is 31.0 Å². The summed E-state index contributed by atoms with van der Waals surface area (Å²) >= 11 is 6.09. The topological polar surface area (TPSA) is 21.3 Å². The maximum Gasteiger partial charge on any atom is 0.0661 e. The highest BCUT2D eigenvalue weighted by molar-refractivity contribution is 6.30. The van der Waals surface area contributed by atoms with Gasteiger partial charge in [0.1, 0.15) is 0 Å². The third-order valence-electron chi connectivity index (χ3n) is 2.89. The third-order valence-corrected chi connectivity index (χ3v) is 3.13. The highest BCUT2D eigenvalue weighted by Gasteiger charge is 2.13. The molecule has 1 rings (SSSR count). The first-order chi connectivity index (χ1) is 8.69. The molecule has 0 saturated heterocycles. The molecule has 2 nitrogen and oxygen atoms in total. The molecule has 0 saturated carbocycles. The van der Waals surface area contributed by atoms with Gasteiger partial charge in [-0.2, -0.15) is 0 Å². The second-order valence-electron chi connectivity index (χ2n) is 4.58. The molecule has 0 fully saturated rings. The molecule has 1 aromatic carbocycles. The van der Waals surface area contributed by atoms with Crippen molar-refractivity contribution in [2.24, 2.45) is 0 Å². The zero-order valence-corrected chi connectivity index (χ0v) is 12.4.